The molecule has 0 aliphatic carbocycles. The van der Waals surface area contributed by atoms with Gasteiger partial charge in [0.1, 0.15) is 0 Å². The summed E-state index contributed by atoms with van der Waals surface area (Å²) in [5.41, 5.74) is 10.3. The number of imidazole rings is 1. The van der Waals surface area contributed by atoms with Crippen LogP contribution in [0.3, 0.4) is 0 Å². The van der Waals surface area contributed by atoms with Crippen molar-refractivity contribution in [3.05, 3.63) is 45.5 Å². The lowest BCUT2D eigenvalue weighted by atomic mass is 10.1. The van der Waals surface area contributed by atoms with Gasteiger partial charge in [-0.3, -0.25) is 4.40 Å². The van der Waals surface area contributed by atoms with Gasteiger partial charge in [0.05, 0.1) is 5.69 Å². The topological polar surface area (TPSA) is 43.3 Å². The van der Waals surface area contributed by atoms with Gasteiger partial charge in [0.25, 0.3) is 0 Å². The standard InChI is InChI=1S/C14H14BrN3S/c1-9-13(10-2-4-11(15)5-3-10)17-14-18(9)12(6-7-16)8-19-14/h2-5,8H,6-7,16H2,1H3. The van der Waals surface area contributed by atoms with Crippen molar-refractivity contribution in [1.29, 1.82) is 0 Å². The summed E-state index contributed by atoms with van der Waals surface area (Å²) in [4.78, 5) is 5.78. The van der Waals surface area contributed by atoms with Crippen LogP contribution >= 0.6 is 27.3 Å². The van der Waals surface area contributed by atoms with Crippen molar-refractivity contribution in [3.63, 3.8) is 0 Å². The summed E-state index contributed by atoms with van der Waals surface area (Å²) in [6.45, 7) is 2.78. The van der Waals surface area contributed by atoms with E-state index in [1.54, 1.807) is 11.3 Å². The summed E-state index contributed by atoms with van der Waals surface area (Å²) in [5.74, 6) is 0. The first-order valence-corrected chi connectivity index (χ1v) is 7.79. The molecule has 2 N–H and O–H groups in total. The molecule has 0 aliphatic heterocycles. The van der Waals surface area contributed by atoms with E-state index in [9.17, 15) is 0 Å². The molecule has 3 rings (SSSR count). The van der Waals surface area contributed by atoms with Gasteiger partial charge < -0.3 is 5.73 Å². The molecule has 98 valence electrons. The number of nitrogens with two attached hydrogens (primary N) is 1. The minimum absolute atomic E-state index is 0.664. The number of nitrogens with zero attached hydrogens (tertiary/aromatic N) is 2. The number of hydrogen-bond acceptors (Lipinski definition) is 3. The second kappa shape index (κ2) is 5.07. The molecular formula is C14H14BrN3S. The molecule has 0 amide bonds. The van der Waals surface area contributed by atoms with Gasteiger partial charge in [-0.1, -0.05) is 28.1 Å². The van der Waals surface area contributed by atoms with Crippen LogP contribution in [-0.4, -0.2) is 15.9 Å². The fourth-order valence-electron chi connectivity index (χ4n) is 2.27. The molecule has 0 radical (unpaired) electrons. The van der Waals surface area contributed by atoms with E-state index in [1.807, 2.05) is 12.1 Å². The van der Waals surface area contributed by atoms with Gasteiger partial charge >= 0.3 is 0 Å². The third-order valence-electron chi connectivity index (χ3n) is 3.18. The van der Waals surface area contributed by atoms with E-state index in [1.165, 1.54) is 11.4 Å². The molecule has 0 aliphatic rings. The van der Waals surface area contributed by atoms with Crippen LogP contribution in [0, 0.1) is 6.92 Å². The van der Waals surface area contributed by atoms with Crippen LogP contribution < -0.4 is 5.73 Å². The average Bonchev–Trinajstić information content (AvgIpc) is 2.93. The zero-order valence-corrected chi connectivity index (χ0v) is 13.0. The first-order chi connectivity index (χ1) is 9.20. The molecule has 19 heavy (non-hydrogen) atoms. The van der Waals surface area contributed by atoms with Crippen LogP contribution in [0.5, 0.6) is 0 Å². The molecule has 1 aromatic carbocycles. The van der Waals surface area contributed by atoms with Gasteiger partial charge in [0.15, 0.2) is 4.96 Å². The Hall–Kier alpha value is -1.17. The van der Waals surface area contributed by atoms with Gasteiger partial charge in [0.2, 0.25) is 0 Å². The van der Waals surface area contributed by atoms with Crippen molar-refractivity contribution in [3.8, 4) is 11.3 Å². The van der Waals surface area contributed by atoms with Gasteiger partial charge in [-0.15, -0.1) is 11.3 Å². The average molecular weight is 336 g/mol. The second-order valence-corrected chi connectivity index (χ2v) is 6.19. The summed E-state index contributed by atoms with van der Waals surface area (Å²) < 4.78 is 3.30. The van der Waals surface area contributed by atoms with E-state index in [-0.39, 0.29) is 0 Å². The van der Waals surface area contributed by atoms with E-state index < -0.39 is 0 Å². The first-order valence-electron chi connectivity index (χ1n) is 6.12. The molecule has 0 fully saturated rings. The first kappa shape index (κ1) is 12.8. The Morgan fingerprint density at radius 2 is 2.05 bits per heavy atom. The highest BCUT2D eigenvalue weighted by Crippen LogP contribution is 2.28. The van der Waals surface area contributed by atoms with Crippen LogP contribution in [0.1, 0.15) is 11.4 Å². The number of aryl methyl sites for hydroxylation is 1. The van der Waals surface area contributed by atoms with E-state index >= 15 is 0 Å². The Balaban J connectivity index is 2.14. The maximum absolute atomic E-state index is 5.66. The fourth-order valence-corrected chi connectivity index (χ4v) is 3.50. The molecule has 2 aromatic heterocycles. The zero-order chi connectivity index (χ0) is 13.4. The van der Waals surface area contributed by atoms with E-state index in [2.05, 4.69) is 44.8 Å². The molecule has 3 aromatic rings. The van der Waals surface area contributed by atoms with Gasteiger partial charge in [-0.2, -0.15) is 0 Å². The lowest BCUT2D eigenvalue weighted by Gasteiger charge is -2.02. The summed E-state index contributed by atoms with van der Waals surface area (Å²) in [5, 5.41) is 2.15. The monoisotopic (exact) mass is 335 g/mol. The van der Waals surface area contributed by atoms with E-state index in [0.29, 0.717) is 6.54 Å². The molecule has 0 saturated heterocycles. The predicted octanol–water partition coefficient (Wildman–Crippen LogP) is 3.63. The van der Waals surface area contributed by atoms with Crippen molar-refractivity contribution >= 4 is 32.2 Å². The van der Waals surface area contributed by atoms with E-state index in [4.69, 9.17) is 10.7 Å². The highest BCUT2D eigenvalue weighted by Gasteiger charge is 2.14. The molecule has 3 nitrogen and oxygen atoms in total. The Morgan fingerprint density at radius 3 is 2.74 bits per heavy atom. The molecule has 0 saturated carbocycles. The number of benzene rings is 1. The summed E-state index contributed by atoms with van der Waals surface area (Å²) >= 11 is 5.13. The van der Waals surface area contributed by atoms with Gasteiger partial charge in [-0.05, 0) is 25.6 Å². The second-order valence-electron chi connectivity index (χ2n) is 4.44. The summed E-state index contributed by atoms with van der Waals surface area (Å²) in [7, 11) is 0. The van der Waals surface area contributed by atoms with Crippen LogP contribution in [0.15, 0.2) is 34.1 Å². The summed E-state index contributed by atoms with van der Waals surface area (Å²) in [6.07, 6.45) is 0.886. The van der Waals surface area contributed by atoms with Gasteiger partial charge in [0, 0.05) is 33.2 Å². The molecule has 2 heterocycles. The molecule has 0 atom stereocenters. The Morgan fingerprint density at radius 1 is 1.32 bits per heavy atom. The lowest BCUT2D eigenvalue weighted by molar-refractivity contribution is 0.896. The predicted molar refractivity (Wildman–Crippen MR) is 83.7 cm³/mol. The van der Waals surface area contributed by atoms with Crippen LogP contribution in [0.4, 0.5) is 0 Å². The van der Waals surface area contributed by atoms with Crippen molar-refractivity contribution in [2.24, 2.45) is 5.73 Å². The maximum Gasteiger partial charge on any atom is 0.194 e. The maximum atomic E-state index is 5.66. The molecule has 0 unspecified atom stereocenters. The van der Waals surface area contributed by atoms with Crippen LogP contribution in [0.2, 0.25) is 0 Å². The molecule has 5 heteroatoms. The lowest BCUT2D eigenvalue weighted by Crippen LogP contribution is -2.05. The van der Waals surface area contributed by atoms with Crippen LogP contribution in [-0.2, 0) is 6.42 Å². The van der Waals surface area contributed by atoms with Crippen molar-refractivity contribution < 1.29 is 0 Å². The zero-order valence-electron chi connectivity index (χ0n) is 10.6. The highest BCUT2D eigenvalue weighted by atomic mass is 79.9. The van der Waals surface area contributed by atoms with Crippen molar-refractivity contribution in [2.75, 3.05) is 6.54 Å². The number of aromatic nitrogens is 2. The minimum atomic E-state index is 0.664. The SMILES string of the molecule is Cc1c(-c2ccc(Br)cc2)nc2scc(CCN)n12. The number of halogens is 1. The molecule has 0 spiro atoms. The largest absolute Gasteiger partial charge is 0.330 e. The smallest absolute Gasteiger partial charge is 0.194 e. The molecular weight excluding hydrogens is 322 g/mol. The third kappa shape index (κ3) is 2.22. The minimum Gasteiger partial charge on any atom is -0.330 e. The highest BCUT2D eigenvalue weighted by molar-refractivity contribution is 9.10. The van der Waals surface area contributed by atoms with E-state index in [0.717, 1.165) is 27.1 Å². The van der Waals surface area contributed by atoms with Crippen LogP contribution in [0.25, 0.3) is 16.2 Å². The third-order valence-corrected chi connectivity index (χ3v) is 4.59. The molecule has 0 bridgehead atoms. The Labute approximate surface area is 124 Å². The summed E-state index contributed by atoms with van der Waals surface area (Å²) in [6, 6.07) is 8.27. The normalized spacial score (nSPS) is 11.3. The number of rotatable bonds is 3. The Bertz CT molecular complexity index is 712. The number of thiazole rings is 1. The van der Waals surface area contributed by atoms with Crippen molar-refractivity contribution in [1.82, 2.24) is 9.38 Å². The van der Waals surface area contributed by atoms with Gasteiger partial charge in [-0.25, -0.2) is 4.98 Å². The number of hydrogen-bond donors (Lipinski definition) is 1. The quantitative estimate of drug-likeness (QED) is 0.794. The van der Waals surface area contributed by atoms with Crippen molar-refractivity contribution in [2.45, 2.75) is 13.3 Å². The Kier molecular flexibility index (Phi) is 3.43. The number of fused-ring (bicyclic) bond motifs is 1. The fraction of sp³-hybridized carbons (Fsp3) is 0.214.